The molecule has 0 radical (unpaired) electrons. The first-order valence-electron chi connectivity index (χ1n) is 7.73. The predicted octanol–water partition coefficient (Wildman–Crippen LogP) is 2.68. The number of rotatable bonds is 8. The standard InChI is InChI=1S/C15H23ClN4O/c1-11-14-15(19(2)18-11)20(13(17-14)6-7-16)8-3-9-21-10-12-4-5-12/h12H,3-10H2,1-2H3. The minimum atomic E-state index is 0.591. The van der Waals surface area contributed by atoms with Gasteiger partial charge < -0.3 is 9.30 Å². The van der Waals surface area contributed by atoms with Crippen LogP contribution in [0.1, 0.15) is 30.8 Å². The molecule has 0 aliphatic heterocycles. The van der Waals surface area contributed by atoms with Crippen molar-refractivity contribution in [2.75, 3.05) is 19.1 Å². The number of alkyl halides is 1. The lowest BCUT2D eigenvalue weighted by Gasteiger charge is -2.09. The molecule has 0 atom stereocenters. The Labute approximate surface area is 130 Å². The molecule has 21 heavy (non-hydrogen) atoms. The summed E-state index contributed by atoms with van der Waals surface area (Å²) < 4.78 is 9.89. The molecule has 2 heterocycles. The van der Waals surface area contributed by atoms with E-state index in [4.69, 9.17) is 21.3 Å². The Hall–Kier alpha value is -1.07. The molecule has 0 spiro atoms. The molecule has 6 heteroatoms. The number of halogens is 1. The van der Waals surface area contributed by atoms with Crippen LogP contribution >= 0.6 is 11.6 Å². The highest BCUT2D eigenvalue weighted by Crippen LogP contribution is 2.28. The van der Waals surface area contributed by atoms with Crippen LogP contribution in [0.2, 0.25) is 0 Å². The van der Waals surface area contributed by atoms with Gasteiger partial charge in [0.1, 0.15) is 11.3 Å². The molecule has 3 rings (SSSR count). The summed E-state index contributed by atoms with van der Waals surface area (Å²) in [5.41, 5.74) is 3.07. The number of hydrogen-bond donors (Lipinski definition) is 0. The monoisotopic (exact) mass is 310 g/mol. The number of imidazole rings is 1. The Bertz CT molecular complexity index is 615. The zero-order valence-electron chi connectivity index (χ0n) is 12.8. The van der Waals surface area contributed by atoms with Crippen molar-refractivity contribution in [2.45, 2.75) is 39.2 Å². The average molecular weight is 311 g/mol. The molecule has 2 aromatic heterocycles. The highest BCUT2D eigenvalue weighted by molar-refractivity contribution is 6.17. The number of aromatic nitrogens is 4. The van der Waals surface area contributed by atoms with E-state index in [1.54, 1.807) is 0 Å². The predicted molar refractivity (Wildman–Crippen MR) is 83.8 cm³/mol. The van der Waals surface area contributed by atoms with Crippen LogP contribution < -0.4 is 0 Å². The first kappa shape index (κ1) is 14.9. The minimum absolute atomic E-state index is 0.591. The van der Waals surface area contributed by atoms with Gasteiger partial charge in [-0.05, 0) is 32.1 Å². The molecule has 0 bridgehead atoms. The molecule has 0 saturated heterocycles. The second-order valence-electron chi connectivity index (χ2n) is 5.87. The largest absolute Gasteiger partial charge is 0.381 e. The van der Waals surface area contributed by atoms with E-state index >= 15 is 0 Å². The van der Waals surface area contributed by atoms with Gasteiger partial charge in [0.15, 0.2) is 5.65 Å². The summed E-state index contributed by atoms with van der Waals surface area (Å²) in [6, 6.07) is 0. The fourth-order valence-electron chi connectivity index (χ4n) is 2.75. The van der Waals surface area contributed by atoms with E-state index in [0.717, 1.165) is 61.2 Å². The van der Waals surface area contributed by atoms with Crippen molar-refractivity contribution < 1.29 is 4.74 Å². The van der Waals surface area contributed by atoms with Crippen LogP contribution in [-0.2, 0) is 24.8 Å². The summed E-state index contributed by atoms with van der Waals surface area (Å²) in [7, 11) is 1.97. The van der Waals surface area contributed by atoms with Gasteiger partial charge in [0, 0.05) is 39.1 Å². The van der Waals surface area contributed by atoms with Crippen molar-refractivity contribution in [3.63, 3.8) is 0 Å². The van der Waals surface area contributed by atoms with E-state index in [9.17, 15) is 0 Å². The maximum absolute atomic E-state index is 5.91. The fraction of sp³-hybridized carbons (Fsp3) is 0.733. The molecule has 116 valence electrons. The number of ether oxygens (including phenoxy) is 1. The summed E-state index contributed by atoms with van der Waals surface area (Å²) in [5, 5.41) is 4.46. The van der Waals surface area contributed by atoms with Crippen LogP contribution in [0.5, 0.6) is 0 Å². The molecular formula is C15H23ClN4O. The second-order valence-corrected chi connectivity index (χ2v) is 6.25. The van der Waals surface area contributed by atoms with E-state index in [2.05, 4.69) is 9.67 Å². The van der Waals surface area contributed by atoms with Crippen LogP contribution in [-0.4, -0.2) is 38.4 Å². The third-order valence-corrected chi connectivity index (χ3v) is 4.20. The van der Waals surface area contributed by atoms with Gasteiger partial charge >= 0.3 is 0 Å². The van der Waals surface area contributed by atoms with Gasteiger partial charge in [0.25, 0.3) is 0 Å². The Balaban J connectivity index is 1.69. The molecule has 0 amide bonds. The van der Waals surface area contributed by atoms with E-state index in [-0.39, 0.29) is 0 Å². The van der Waals surface area contributed by atoms with Crippen molar-refractivity contribution in [1.82, 2.24) is 19.3 Å². The van der Waals surface area contributed by atoms with Gasteiger partial charge in [-0.25, -0.2) is 4.98 Å². The Kier molecular flexibility index (Phi) is 4.50. The van der Waals surface area contributed by atoms with E-state index in [0.29, 0.717) is 5.88 Å². The molecule has 0 aromatic carbocycles. The Morgan fingerprint density at radius 1 is 1.38 bits per heavy atom. The molecule has 1 fully saturated rings. The Morgan fingerprint density at radius 3 is 2.90 bits per heavy atom. The summed E-state index contributed by atoms with van der Waals surface area (Å²) in [6.07, 6.45) is 4.48. The van der Waals surface area contributed by atoms with Crippen LogP contribution in [0.15, 0.2) is 0 Å². The first-order chi connectivity index (χ1) is 10.2. The topological polar surface area (TPSA) is 44.9 Å². The van der Waals surface area contributed by atoms with Gasteiger partial charge in [-0.1, -0.05) is 0 Å². The molecule has 5 nitrogen and oxygen atoms in total. The van der Waals surface area contributed by atoms with Crippen LogP contribution in [0, 0.1) is 12.8 Å². The minimum Gasteiger partial charge on any atom is -0.381 e. The quantitative estimate of drug-likeness (QED) is 0.556. The van der Waals surface area contributed by atoms with Gasteiger partial charge in [-0.15, -0.1) is 11.6 Å². The zero-order chi connectivity index (χ0) is 14.8. The fourth-order valence-corrected chi connectivity index (χ4v) is 2.92. The molecule has 1 saturated carbocycles. The summed E-state index contributed by atoms with van der Waals surface area (Å²) >= 11 is 5.91. The van der Waals surface area contributed by atoms with E-state index in [1.165, 1.54) is 12.8 Å². The highest BCUT2D eigenvalue weighted by atomic mass is 35.5. The lowest BCUT2D eigenvalue weighted by Crippen LogP contribution is -2.10. The first-order valence-corrected chi connectivity index (χ1v) is 8.26. The third kappa shape index (κ3) is 3.24. The lowest BCUT2D eigenvalue weighted by molar-refractivity contribution is 0.119. The van der Waals surface area contributed by atoms with Gasteiger partial charge in [-0.3, -0.25) is 4.68 Å². The zero-order valence-corrected chi connectivity index (χ0v) is 13.6. The van der Waals surface area contributed by atoms with Gasteiger partial charge in [0.05, 0.1) is 5.69 Å². The summed E-state index contributed by atoms with van der Waals surface area (Å²) in [5.74, 6) is 2.48. The lowest BCUT2D eigenvalue weighted by atomic mass is 10.4. The van der Waals surface area contributed by atoms with Crippen LogP contribution in [0.4, 0.5) is 0 Å². The van der Waals surface area contributed by atoms with E-state index < -0.39 is 0 Å². The van der Waals surface area contributed by atoms with Gasteiger partial charge in [-0.2, -0.15) is 5.10 Å². The molecule has 1 aliphatic carbocycles. The molecule has 0 N–H and O–H groups in total. The number of fused-ring (bicyclic) bond motifs is 1. The average Bonchev–Trinajstić information content (AvgIpc) is 3.14. The van der Waals surface area contributed by atoms with Crippen molar-refractivity contribution in [3.8, 4) is 0 Å². The maximum atomic E-state index is 5.91. The van der Waals surface area contributed by atoms with Gasteiger partial charge in [0.2, 0.25) is 0 Å². The van der Waals surface area contributed by atoms with Crippen LogP contribution in [0.25, 0.3) is 11.2 Å². The maximum Gasteiger partial charge on any atom is 0.158 e. The molecule has 1 aliphatic rings. The van der Waals surface area contributed by atoms with Crippen molar-refractivity contribution in [1.29, 1.82) is 0 Å². The van der Waals surface area contributed by atoms with Crippen LogP contribution in [0.3, 0.4) is 0 Å². The number of hydrogen-bond acceptors (Lipinski definition) is 3. The number of aryl methyl sites for hydroxylation is 4. The van der Waals surface area contributed by atoms with Crippen molar-refractivity contribution >= 4 is 22.8 Å². The summed E-state index contributed by atoms with van der Waals surface area (Å²) in [6.45, 7) is 4.65. The molecular weight excluding hydrogens is 288 g/mol. The summed E-state index contributed by atoms with van der Waals surface area (Å²) in [4.78, 5) is 4.71. The molecule has 2 aromatic rings. The SMILES string of the molecule is Cc1nn(C)c2c1nc(CCCl)n2CCCOCC1CC1. The Morgan fingerprint density at radius 2 is 2.19 bits per heavy atom. The molecule has 0 unspecified atom stereocenters. The van der Waals surface area contributed by atoms with E-state index in [1.807, 2.05) is 18.7 Å². The smallest absolute Gasteiger partial charge is 0.158 e. The third-order valence-electron chi connectivity index (χ3n) is 4.01. The normalized spacial score (nSPS) is 15.2. The van der Waals surface area contributed by atoms with Crippen molar-refractivity contribution in [2.24, 2.45) is 13.0 Å². The van der Waals surface area contributed by atoms with Crippen molar-refractivity contribution in [3.05, 3.63) is 11.5 Å². The highest BCUT2D eigenvalue weighted by Gasteiger charge is 2.21. The number of nitrogens with zero attached hydrogens (tertiary/aromatic N) is 4. The second kappa shape index (κ2) is 6.36.